The van der Waals surface area contributed by atoms with Gasteiger partial charge in [0.2, 0.25) is 0 Å². The number of benzene rings is 1. The third-order valence-electron chi connectivity index (χ3n) is 1.71. The monoisotopic (exact) mass is 279 g/mol. The van der Waals surface area contributed by atoms with Gasteiger partial charge in [0.15, 0.2) is 0 Å². The molecule has 0 aliphatic heterocycles. The third kappa shape index (κ3) is 2.72. The van der Waals surface area contributed by atoms with E-state index in [1.165, 1.54) is 24.3 Å². The van der Waals surface area contributed by atoms with Gasteiger partial charge in [-0.25, -0.2) is 4.90 Å². The second kappa shape index (κ2) is 5.30. The van der Waals surface area contributed by atoms with E-state index in [1.807, 2.05) is 0 Å². The summed E-state index contributed by atoms with van der Waals surface area (Å²) in [5.74, 6) is 0. The molecule has 0 unspecified atom stereocenters. The van der Waals surface area contributed by atoms with E-state index >= 15 is 0 Å². The lowest BCUT2D eigenvalue weighted by atomic mass is 10.2. The second-order valence-electron chi connectivity index (χ2n) is 2.63. The topological polar surface area (TPSA) is 54.5 Å². The molecule has 0 bridgehead atoms. The van der Waals surface area contributed by atoms with Crippen LogP contribution in [0.3, 0.4) is 0 Å². The summed E-state index contributed by atoms with van der Waals surface area (Å²) in [5.41, 5.74) is -0.0883. The molecule has 1 rings (SSSR count). The summed E-state index contributed by atoms with van der Waals surface area (Å²) in [6, 6.07) is 5.70. The Morgan fingerprint density at radius 1 is 0.938 bits per heavy atom. The number of carbonyl (C=O) groups excluding carboxylic acids is 3. The zero-order valence-corrected chi connectivity index (χ0v) is 9.88. The predicted molar refractivity (Wildman–Crippen MR) is 61.6 cm³/mol. The standard InChI is InChI=1S/C9H4Cl3NO3/c10-7(14)5-3-1-2-4-6(5)13(8(11)15)9(12)16/h1-4H. The minimum absolute atomic E-state index is 0.0350. The van der Waals surface area contributed by atoms with Crippen LogP contribution in [-0.4, -0.2) is 16.0 Å². The van der Waals surface area contributed by atoms with Crippen molar-refractivity contribution in [1.29, 1.82) is 0 Å². The van der Waals surface area contributed by atoms with Crippen LogP contribution in [-0.2, 0) is 0 Å². The molecule has 0 fully saturated rings. The molecule has 0 heterocycles. The Morgan fingerprint density at radius 2 is 1.44 bits per heavy atom. The molecule has 0 aromatic heterocycles. The van der Waals surface area contributed by atoms with Crippen LogP contribution in [0, 0.1) is 0 Å². The minimum atomic E-state index is -1.12. The lowest BCUT2D eigenvalue weighted by Crippen LogP contribution is -2.29. The summed E-state index contributed by atoms with van der Waals surface area (Å²) >= 11 is 15.6. The molecule has 16 heavy (non-hydrogen) atoms. The fraction of sp³-hybridized carbons (Fsp3) is 0. The first-order chi connectivity index (χ1) is 7.45. The van der Waals surface area contributed by atoms with Crippen LogP contribution in [0.4, 0.5) is 15.3 Å². The normalized spacial score (nSPS) is 9.69. The highest BCUT2D eigenvalue weighted by molar-refractivity contribution is 6.77. The van der Waals surface area contributed by atoms with Gasteiger partial charge in [-0.15, -0.1) is 0 Å². The van der Waals surface area contributed by atoms with Gasteiger partial charge in [-0.2, -0.15) is 0 Å². The number of anilines is 1. The van der Waals surface area contributed by atoms with Crippen LogP contribution < -0.4 is 4.90 Å². The number of rotatable bonds is 2. The SMILES string of the molecule is O=C(Cl)c1ccccc1N(C(=O)Cl)C(=O)Cl. The molecule has 0 aliphatic carbocycles. The molecule has 7 heteroatoms. The summed E-state index contributed by atoms with van der Waals surface area (Å²) in [6.07, 6.45) is 0. The lowest BCUT2D eigenvalue weighted by Gasteiger charge is -2.16. The van der Waals surface area contributed by atoms with E-state index < -0.39 is 16.0 Å². The molecule has 0 atom stereocenters. The minimum Gasteiger partial charge on any atom is -0.276 e. The van der Waals surface area contributed by atoms with E-state index in [0.717, 1.165) is 0 Å². The summed E-state index contributed by atoms with van der Waals surface area (Å²) in [5, 5.41) is -3.06. The Balaban J connectivity index is 3.35. The molecule has 4 nitrogen and oxygen atoms in total. The molecule has 0 N–H and O–H groups in total. The van der Waals surface area contributed by atoms with Crippen LogP contribution in [0.1, 0.15) is 10.4 Å². The molecule has 1 aromatic rings. The maximum Gasteiger partial charge on any atom is 0.328 e. The molecule has 0 aliphatic rings. The highest BCUT2D eigenvalue weighted by Crippen LogP contribution is 2.24. The Labute approximate surface area is 106 Å². The summed E-state index contributed by atoms with van der Waals surface area (Å²) < 4.78 is 0. The van der Waals surface area contributed by atoms with E-state index in [2.05, 4.69) is 0 Å². The number of hydrogen-bond donors (Lipinski definition) is 0. The van der Waals surface area contributed by atoms with E-state index in [0.29, 0.717) is 4.90 Å². The average molecular weight is 280 g/mol. The molecule has 0 saturated carbocycles. The summed E-state index contributed by atoms with van der Waals surface area (Å²) in [4.78, 5) is 33.5. The van der Waals surface area contributed by atoms with Crippen molar-refractivity contribution >= 4 is 56.5 Å². The molecular formula is C9H4Cl3NO3. The van der Waals surface area contributed by atoms with Gasteiger partial charge in [-0.1, -0.05) is 12.1 Å². The van der Waals surface area contributed by atoms with Crippen LogP contribution in [0.25, 0.3) is 0 Å². The van der Waals surface area contributed by atoms with Crippen molar-refractivity contribution in [2.75, 3.05) is 4.90 Å². The van der Waals surface area contributed by atoms with E-state index in [1.54, 1.807) is 0 Å². The van der Waals surface area contributed by atoms with Crippen molar-refractivity contribution in [2.45, 2.75) is 0 Å². The summed E-state index contributed by atoms with van der Waals surface area (Å²) in [7, 11) is 0. The quantitative estimate of drug-likeness (QED) is 0.614. The number of amides is 2. The van der Waals surface area contributed by atoms with Crippen molar-refractivity contribution in [3.05, 3.63) is 29.8 Å². The molecule has 0 radical (unpaired) electrons. The van der Waals surface area contributed by atoms with Gasteiger partial charge in [-0.3, -0.25) is 14.4 Å². The lowest BCUT2D eigenvalue weighted by molar-refractivity contribution is 0.108. The number of hydrogen-bond acceptors (Lipinski definition) is 3. The van der Waals surface area contributed by atoms with Gasteiger partial charge in [0, 0.05) is 0 Å². The Bertz CT molecular complexity index is 447. The second-order valence-corrected chi connectivity index (χ2v) is 3.62. The molecule has 0 spiro atoms. The van der Waals surface area contributed by atoms with Crippen LogP contribution in [0.15, 0.2) is 24.3 Å². The van der Waals surface area contributed by atoms with Gasteiger partial charge in [0.1, 0.15) is 0 Å². The zero-order chi connectivity index (χ0) is 12.3. The first-order valence-corrected chi connectivity index (χ1v) is 5.06. The Kier molecular flexibility index (Phi) is 4.29. The molecular weight excluding hydrogens is 276 g/mol. The number of imide groups is 1. The van der Waals surface area contributed by atoms with Gasteiger partial charge in [0.05, 0.1) is 11.3 Å². The highest BCUT2D eigenvalue weighted by Gasteiger charge is 2.24. The van der Waals surface area contributed by atoms with Crippen LogP contribution in [0.2, 0.25) is 0 Å². The van der Waals surface area contributed by atoms with Crippen molar-refractivity contribution in [3.63, 3.8) is 0 Å². The highest BCUT2D eigenvalue weighted by atomic mass is 35.5. The first kappa shape index (κ1) is 13.0. The third-order valence-corrected chi connectivity index (χ3v) is 2.25. The molecule has 0 saturated heterocycles. The maximum absolute atomic E-state index is 11.0. The molecule has 2 amide bonds. The van der Waals surface area contributed by atoms with Crippen LogP contribution in [0.5, 0.6) is 0 Å². The average Bonchev–Trinajstić information content (AvgIpc) is 2.17. The fourth-order valence-electron chi connectivity index (χ4n) is 1.09. The smallest absolute Gasteiger partial charge is 0.276 e. The van der Waals surface area contributed by atoms with Gasteiger partial charge in [-0.05, 0) is 46.9 Å². The Morgan fingerprint density at radius 3 is 1.88 bits per heavy atom. The van der Waals surface area contributed by atoms with Crippen molar-refractivity contribution in [3.8, 4) is 0 Å². The predicted octanol–water partition coefficient (Wildman–Crippen LogP) is 3.59. The molecule has 84 valence electrons. The van der Waals surface area contributed by atoms with E-state index in [9.17, 15) is 14.4 Å². The maximum atomic E-state index is 11.0. The van der Waals surface area contributed by atoms with E-state index in [4.69, 9.17) is 34.8 Å². The van der Waals surface area contributed by atoms with Crippen LogP contribution >= 0.6 is 34.8 Å². The van der Waals surface area contributed by atoms with Crippen molar-refractivity contribution in [2.24, 2.45) is 0 Å². The van der Waals surface area contributed by atoms with Gasteiger partial charge in [0.25, 0.3) is 5.24 Å². The largest absolute Gasteiger partial charge is 0.328 e. The Hall–Kier alpha value is -1.10. The van der Waals surface area contributed by atoms with Crippen molar-refractivity contribution < 1.29 is 14.4 Å². The first-order valence-electron chi connectivity index (χ1n) is 3.93. The van der Waals surface area contributed by atoms with E-state index in [-0.39, 0.29) is 11.3 Å². The van der Waals surface area contributed by atoms with Gasteiger partial charge < -0.3 is 0 Å². The molecule has 1 aromatic carbocycles. The van der Waals surface area contributed by atoms with Gasteiger partial charge >= 0.3 is 10.7 Å². The number of para-hydroxylation sites is 1. The summed E-state index contributed by atoms with van der Waals surface area (Å²) in [6.45, 7) is 0. The fourth-order valence-corrected chi connectivity index (χ4v) is 1.63. The number of nitrogens with zero attached hydrogens (tertiary/aromatic N) is 1. The number of carbonyl (C=O) groups is 3. The van der Waals surface area contributed by atoms with Crippen molar-refractivity contribution in [1.82, 2.24) is 0 Å². The zero-order valence-electron chi connectivity index (χ0n) is 7.62. The number of halogens is 3.